The predicted molar refractivity (Wildman–Crippen MR) is 124 cm³/mol. The van der Waals surface area contributed by atoms with Crippen molar-refractivity contribution in [1.82, 2.24) is 14.9 Å². The number of benzene rings is 1. The zero-order chi connectivity index (χ0) is 24.0. The third-order valence-corrected chi connectivity index (χ3v) is 6.50. The van der Waals surface area contributed by atoms with Gasteiger partial charge in [0.05, 0.1) is 24.9 Å². The number of aryl methyl sites for hydroxylation is 1. The first-order chi connectivity index (χ1) is 15.6. The maximum absolute atomic E-state index is 13.1. The van der Waals surface area contributed by atoms with Crippen molar-refractivity contribution >= 4 is 28.8 Å². The highest BCUT2D eigenvalue weighted by Crippen LogP contribution is 2.43. The highest BCUT2D eigenvalue weighted by atomic mass is 16.6. The molecule has 2 amide bonds. The molecule has 2 aliphatic heterocycles. The molecule has 0 aliphatic carbocycles. The highest BCUT2D eigenvalue weighted by molar-refractivity contribution is 5.97. The zero-order valence-corrected chi connectivity index (χ0v) is 20.2. The second-order valence-electron chi connectivity index (χ2n) is 9.80. The number of rotatable bonds is 3. The van der Waals surface area contributed by atoms with Gasteiger partial charge in [-0.1, -0.05) is 6.92 Å². The topological polar surface area (TPSA) is 94.1 Å². The Morgan fingerprint density at radius 1 is 1.30 bits per heavy atom. The molecule has 3 heterocycles. The lowest BCUT2D eigenvalue weighted by atomic mass is 9.79. The number of nitrogens with zero attached hydrogens (tertiary/aromatic N) is 4. The second-order valence-corrected chi connectivity index (χ2v) is 9.80. The molecule has 0 N–H and O–H groups in total. The summed E-state index contributed by atoms with van der Waals surface area (Å²) in [4.78, 5) is 37.7. The maximum Gasteiger partial charge on any atom is 0.415 e. The first-order valence-corrected chi connectivity index (χ1v) is 11.3. The van der Waals surface area contributed by atoms with E-state index in [9.17, 15) is 9.59 Å². The largest absolute Gasteiger partial charge is 0.494 e. The molecule has 9 heteroatoms. The Hall–Kier alpha value is -3.10. The smallest absolute Gasteiger partial charge is 0.415 e. The minimum Gasteiger partial charge on any atom is -0.494 e. The van der Waals surface area contributed by atoms with Crippen molar-refractivity contribution in [2.75, 3.05) is 31.6 Å². The van der Waals surface area contributed by atoms with E-state index in [0.717, 1.165) is 23.0 Å². The average Bonchev–Trinajstić information content (AvgIpc) is 3.08. The van der Waals surface area contributed by atoms with Gasteiger partial charge in [-0.3, -0.25) is 4.90 Å². The molecule has 2 unspecified atom stereocenters. The predicted octanol–water partition coefficient (Wildman–Crippen LogP) is 4.31. The summed E-state index contributed by atoms with van der Waals surface area (Å²) in [6.45, 7) is 10.9. The molecule has 0 bridgehead atoms. The first-order valence-electron chi connectivity index (χ1n) is 11.3. The molecule has 33 heavy (non-hydrogen) atoms. The molecule has 9 nitrogen and oxygen atoms in total. The molecule has 1 spiro atoms. The Morgan fingerprint density at radius 3 is 2.73 bits per heavy atom. The molecular formula is C24H32N4O5. The molecule has 2 aromatic rings. The van der Waals surface area contributed by atoms with Crippen LogP contribution in [0.5, 0.6) is 5.75 Å². The van der Waals surface area contributed by atoms with E-state index in [2.05, 4.69) is 16.9 Å². The average molecular weight is 457 g/mol. The molecule has 2 fully saturated rings. The minimum absolute atomic E-state index is 0.00996. The van der Waals surface area contributed by atoms with Gasteiger partial charge in [0.25, 0.3) is 0 Å². The van der Waals surface area contributed by atoms with Crippen molar-refractivity contribution in [1.29, 1.82) is 0 Å². The van der Waals surface area contributed by atoms with Crippen molar-refractivity contribution < 1.29 is 23.8 Å². The summed E-state index contributed by atoms with van der Waals surface area (Å²) in [6, 6.07) is 3.71. The zero-order valence-electron chi connectivity index (χ0n) is 20.2. The Morgan fingerprint density at radius 2 is 2.06 bits per heavy atom. The standard InChI is InChI=1S/C24H32N4O5/c1-7-16-12-27(21(29)32-23(3,4)5)9-8-24(16)13-28(22(30)33-24)19-10-17-15(2)25-14-26-18(17)11-20(19)31-6/h10-11,14,16H,7-9,12-13H2,1-6H3. The fourth-order valence-electron chi connectivity index (χ4n) is 4.74. The molecule has 1 aromatic carbocycles. The number of carbonyl (C=O) groups excluding carboxylic acids is 2. The third kappa shape index (κ3) is 4.28. The van der Waals surface area contributed by atoms with Crippen LogP contribution in [0.15, 0.2) is 18.5 Å². The van der Waals surface area contributed by atoms with Gasteiger partial charge in [-0.15, -0.1) is 0 Å². The van der Waals surface area contributed by atoms with Crippen LogP contribution in [0.3, 0.4) is 0 Å². The minimum atomic E-state index is -0.674. The summed E-state index contributed by atoms with van der Waals surface area (Å²) >= 11 is 0. The Bertz CT molecular complexity index is 1080. The summed E-state index contributed by atoms with van der Waals surface area (Å²) in [6.07, 6.45) is 2.09. The summed E-state index contributed by atoms with van der Waals surface area (Å²) < 4.78 is 17.2. The number of anilines is 1. The van der Waals surface area contributed by atoms with E-state index in [1.54, 1.807) is 16.9 Å². The fourth-order valence-corrected chi connectivity index (χ4v) is 4.74. The Balaban J connectivity index is 1.61. The van der Waals surface area contributed by atoms with Crippen LogP contribution in [-0.2, 0) is 9.47 Å². The van der Waals surface area contributed by atoms with Crippen LogP contribution in [0.1, 0.15) is 46.2 Å². The van der Waals surface area contributed by atoms with Crippen molar-refractivity contribution in [2.45, 2.75) is 58.7 Å². The van der Waals surface area contributed by atoms with Crippen LogP contribution in [0, 0.1) is 12.8 Å². The summed E-state index contributed by atoms with van der Waals surface area (Å²) in [7, 11) is 1.57. The van der Waals surface area contributed by atoms with Crippen LogP contribution in [0.25, 0.3) is 10.9 Å². The monoisotopic (exact) mass is 456 g/mol. The number of fused-ring (bicyclic) bond motifs is 1. The van der Waals surface area contributed by atoms with E-state index in [1.807, 2.05) is 39.8 Å². The van der Waals surface area contributed by atoms with Gasteiger partial charge in [0.1, 0.15) is 23.3 Å². The first kappa shape index (κ1) is 23.1. The van der Waals surface area contributed by atoms with Gasteiger partial charge in [0, 0.05) is 42.6 Å². The van der Waals surface area contributed by atoms with Crippen LogP contribution >= 0.6 is 0 Å². The van der Waals surface area contributed by atoms with Crippen LogP contribution in [0.2, 0.25) is 0 Å². The second kappa shape index (κ2) is 8.35. The number of carbonyl (C=O) groups is 2. The van der Waals surface area contributed by atoms with E-state index in [4.69, 9.17) is 14.2 Å². The van der Waals surface area contributed by atoms with E-state index < -0.39 is 17.3 Å². The maximum atomic E-state index is 13.1. The molecular weight excluding hydrogens is 424 g/mol. The van der Waals surface area contributed by atoms with Crippen molar-refractivity contribution in [2.24, 2.45) is 5.92 Å². The van der Waals surface area contributed by atoms with Gasteiger partial charge in [-0.25, -0.2) is 19.6 Å². The van der Waals surface area contributed by atoms with Gasteiger partial charge < -0.3 is 19.1 Å². The number of amides is 2. The van der Waals surface area contributed by atoms with Gasteiger partial charge >= 0.3 is 12.2 Å². The molecule has 0 saturated carbocycles. The number of piperidine rings is 1. The number of ether oxygens (including phenoxy) is 3. The van der Waals surface area contributed by atoms with E-state index in [0.29, 0.717) is 37.5 Å². The summed E-state index contributed by atoms with van der Waals surface area (Å²) in [5.74, 6) is 0.540. The molecule has 2 saturated heterocycles. The number of hydrogen-bond acceptors (Lipinski definition) is 7. The SMILES string of the molecule is CCC1CN(C(=O)OC(C)(C)C)CCC12CN(c1cc3c(C)ncnc3cc1OC)C(=O)O2. The van der Waals surface area contributed by atoms with Crippen LogP contribution in [-0.4, -0.2) is 65.0 Å². The Kier molecular flexibility index (Phi) is 5.84. The Labute approximate surface area is 194 Å². The van der Waals surface area contributed by atoms with Gasteiger partial charge in [0.2, 0.25) is 0 Å². The lowest BCUT2D eigenvalue weighted by Gasteiger charge is -2.43. The highest BCUT2D eigenvalue weighted by Gasteiger charge is 2.54. The quantitative estimate of drug-likeness (QED) is 0.679. The molecule has 2 atom stereocenters. The normalized spacial score (nSPS) is 23.2. The van der Waals surface area contributed by atoms with Crippen LogP contribution < -0.4 is 9.64 Å². The van der Waals surface area contributed by atoms with E-state index in [1.165, 1.54) is 6.33 Å². The number of methoxy groups -OCH3 is 1. The molecule has 0 radical (unpaired) electrons. The van der Waals surface area contributed by atoms with Crippen molar-refractivity contribution in [3.8, 4) is 5.75 Å². The van der Waals surface area contributed by atoms with Gasteiger partial charge in [-0.2, -0.15) is 0 Å². The van der Waals surface area contributed by atoms with E-state index >= 15 is 0 Å². The van der Waals surface area contributed by atoms with Crippen molar-refractivity contribution in [3.05, 3.63) is 24.2 Å². The molecule has 178 valence electrons. The van der Waals surface area contributed by atoms with Crippen LogP contribution in [0.4, 0.5) is 15.3 Å². The van der Waals surface area contributed by atoms with E-state index in [-0.39, 0.29) is 12.0 Å². The molecule has 4 rings (SSSR count). The fraction of sp³-hybridized carbons (Fsp3) is 0.583. The third-order valence-electron chi connectivity index (χ3n) is 6.50. The van der Waals surface area contributed by atoms with Gasteiger partial charge in [0.15, 0.2) is 0 Å². The lowest BCUT2D eigenvalue weighted by molar-refractivity contribution is -0.0546. The summed E-state index contributed by atoms with van der Waals surface area (Å²) in [5.41, 5.74) is 0.978. The summed E-state index contributed by atoms with van der Waals surface area (Å²) in [5, 5.41) is 0.855. The molecule has 1 aromatic heterocycles. The number of hydrogen-bond donors (Lipinski definition) is 0. The van der Waals surface area contributed by atoms with Crippen molar-refractivity contribution in [3.63, 3.8) is 0 Å². The number of likely N-dealkylation sites (tertiary alicyclic amines) is 1. The number of aromatic nitrogens is 2. The van der Waals surface area contributed by atoms with Gasteiger partial charge in [-0.05, 0) is 40.2 Å². The lowest BCUT2D eigenvalue weighted by Crippen LogP contribution is -2.55. The molecule has 2 aliphatic rings.